The number of urea groups is 1. The van der Waals surface area contributed by atoms with Crippen molar-refractivity contribution >= 4 is 17.6 Å². The molecule has 3 amide bonds. The Labute approximate surface area is 157 Å². The lowest BCUT2D eigenvalue weighted by molar-refractivity contribution is -0.124. The fourth-order valence-electron chi connectivity index (χ4n) is 3.05. The molecule has 0 spiro atoms. The zero-order valence-electron chi connectivity index (χ0n) is 15.1. The molecule has 2 atom stereocenters. The molecular formula is C20H23N3O4. The third kappa shape index (κ3) is 4.77. The molecule has 2 aromatic carbocycles. The van der Waals surface area contributed by atoms with Crippen LogP contribution in [0.5, 0.6) is 5.75 Å². The summed E-state index contributed by atoms with van der Waals surface area (Å²) in [7, 11) is 1.59. The van der Waals surface area contributed by atoms with E-state index in [1.54, 1.807) is 19.2 Å². The fourth-order valence-corrected chi connectivity index (χ4v) is 3.05. The third-order valence-electron chi connectivity index (χ3n) is 4.49. The molecule has 27 heavy (non-hydrogen) atoms. The highest BCUT2D eigenvalue weighted by atomic mass is 16.5. The highest BCUT2D eigenvalue weighted by Crippen LogP contribution is 2.20. The number of benzene rings is 2. The van der Waals surface area contributed by atoms with E-state index < -0.39 is 18.2 Å². The molecule has 0 unspecified atom stereocenters. The van der Waals surface area contributed by atoms with Gasteiger partial charge in [-0.2, -0.15) is 0 Å². The van der Waals surface area contributed by atoms with Crippen molar-refractivity contribution in [3.05, 3.63) is 60.2 Å². The second-order valence-electron chi connectivity index (χ2n) is 6.42. The molecule has 0 saturated carbocycles. The van der Waals surface area contributed by atoms with Gasteiger partial charge in [0, 0.05) is 25.2 Å². The first-order valence-corrected chi connectivity index (χ1v) is 8.78. The standard InChI is InChI=1S/C20H23N3O4/c1-27-17-9-7-14(8-10-17)12-21-19(25)18-11-16(24)13-23(18)20(26)22-15-5-3-2-4-6-15/h2-10,16,18,24H,11-13H2,1H3,(H,21,25)(H,22,26)/t16-,18+/m1/s1. The number of aliphatic hydroxyl groups is 1. The number of hydrogen-bond donors (Lipinski definition) is 3. The molecule has 7 nitrogen and oxygen atoms in total. The second kappa shape index (κ2) is 8.55. The van der Waals surface area contributed by atoms with Crippen LogP contribution in [0.15, 0.2) is 54.6 Å². The van der Waals surface area contributed by atoms with Crippen molar-refractivity contribution in [2.24, 2.45) is 0 Å². The van der Waals surface area contributed by atoms with Crippen LogP contribution in [0.25, 0.3) is 0 Å². The van der Waals surface area contributed by atoms with E-state index in [0.717, 1.165) is 11.3 Å². The van der Waals surface area contributed by atoms with Gasteiger partial charge in [0.15, 0.2) is 0 Å². The predicted octanol–water partition coefficient (Wildman–Crippen LogP) is 1.98. The number of amides is 3. The first-order valence-electron chi connectivity index (χ1n) is 8.78. The number of hydrogen-bond acceptors (Lipinski definition) is 4. The Kier molecular flexibility index (Phi) is 5.93. The molecule has 3 rings (SSSR count). The first-order chi connectivity index (χ1) is 13.1. The number of ether oxygens (including phenoxy) is 1. The van der Waals surface area contributed by atoms with Gasteiger partial charge in [-0.1, -0.05) is 30.3 Å². The van der Waals surface area contributed by atoms with E-state index in [9.17, 15) is 14.7 Å². The molecule has 0 aromatic heterocycles. The minimum Gasteiger partial charge on any atom is -0.497 e. The van der Waals surface area contributed by atoms with Crippen LogP contribution in [-0.2, 0) is 11.3 Å². The molecule has 1 fully saturated rings. The number of methoxy groups -OCH3 is 1. The van der Waals surface area contributed by atoms with Gasteiger partial charge < -0.3 is 25.4 Å². The summed E-state index contributed by atoms with van der Waals surface area (Å²) < 4.78 is 5.11. The number of carbonyl (C=O) groups is 2. The van der Waals surface area contributed by atoms with Crippen molar-refractivity contribution in [3.8, 4) is 5.75 Å². The van der Waals surface area contributed by atoms with Crippen LogP contribution in [0.2, 0.25) is 0 Å². The van der Waals surface area contributed by atoms with Gasteiger partial charge >= 0.3 is 6.03 Å². The highest BCUT2D eigenvalue weighted by molar-refractivity contribution is 5.94. The van der Waals surface area contributed by atoms with E-state index in [4.69, 9.17) is 4.74 Å². The summed E-state index contributed by atoms with van der Waals surface area (Å²) in [6.07, 6.45) is -0.500. The topological polar surface area (TPSA) is 90.9 Å². The fraction of sp³-hybridized carbons (Fsp3) is 0.300. The molecule has 142 valence electrons. The Morgan fingerprint density at radius 2 is 1.85 bits per heavy atom. The predicted molar refractivity (Wildman–Crippen MR) is 101 cm³/mol. The minimum atomic E-state index is -0.719. The zero-order chi connectivity index (χ0) is 19.2. The number of anilines is 1. The first kappa shape index (κ1) is 18.7. The van der Waals surface area contributed by atoms with Crippen molar-refractivity contribution < 1.29 is 19.4 Å². The zero-order valence-corrected chi connectivity index (χ0v) is 15.1. The van der Waals surface area contributed by atoms with Gasteiger partial charge in [0.25, 0.3) is 0 Å². The van der Waals surface area contributed by atoms with Crippen LogP contribution < -0.4 is 15.4 Å². The van der Waals surface area contributed by atoms with Crippen LogP contribution in [0.4, 0.5) is 10.5 Å². The van der Waals surface area contributed by atoms with Crippen molar-refractivity contribution in [2.45, 2.75) is 25.1 Å². The van der Waals surface area contributed by atoms with Crippen molar-refractivity contribution in [3.63, 3.8) is 0 Å². The smallest absolute Gasteiger partial charge is 0.322 e. The lowest BCUT2D eigenvalue weighted by Gasteiger charge is -2.24. The largest absolute Gasteiger partial charge is 0.497 e. The summed E-state index contributed by atoms with van der Waals surface area (Å²) in [5.74, 6) is 0.457. The molecule has 0 aliphatic carbocycles. The summed E-state index contributed by atoms with van der Waals surface area (Å²) in [6.45, 7) is 0.461. The third-order valence-corrected chi connectivity index (χ3v) is 4.49. The van der Waals surface area contributed by atoms with Crippen molar-refractivity contribution in [2.75, 3.05) is 19.0 Å². The van der Waals surface area contributed by atoms with E-state index in [2.05, 4.69) is 10.6 Å². The molecule has 1 aliphatic heterocycles. The average Bonchev–Trinajstić information content (AvgIpc) is 3.09. The summed E-state index contributed by atoms with van der Waals surface area (Å²) in [5, 5.41) is 15.6. The summed E-state index contributed by atoms with van der Waals surface area (Å²) >= 11 is 0. The normalized spacial score (nSPS) is 18.8. The Balaban J connectivity index is 1.60. The number of nitrogens with one attached hydrogen (secondary N) is 2. The Hall–Kier alpha value is -3.06. The van der Waals surface area contributed by atoms with Crippen LogP contribution in [0.3, 0.4) is 0 Å². The van der Waals surface area contributed by atoms with E-state index >= 15 is 0 Å². The molecular weight excluding hydrogens is 346 g/mol. The molecule has 7 heteroatoms. The second-order valence-corrected chi connectivity index (χ2v) is 6.42. The van der Waals surface area contributed by atoms with Gasteiger partial charge in [-0.05, 0) is 29.8 Å². The molecule has 0 radical (unpaired) electrons. The van der Waals surface area contributed by atoms with Crippen molar-refractivity contribution in [1.29, 1.82) is 0 Å². The van der Waals surface area contributed by atoms with Gasteiger partial charge in [-0.3, -0.25) is 4.79 Å². The average molecular weight is 369 g/mol. The van der Waals surface area contributed by atoms with Crippen LogP contribution in [0.1, 0.15) is 12.0 Å². The lowest BCUT2D eigenvalue weighted by Crippen LogP contribution is -2.47. The highest BCUT2D eigenvalue weighted by Gasteiger charge is 2.38. The van der Waals surface area contributed by atoms with Gasteiger partial charge in [0.1, 0.15) is 11.8 Å². The van der Waals surface area contributed by atoms with E-state index in [-0.39, 0.29) is 18.9 Å². The van der Waals surface area contributed by atoms with Crippen molar-refractivity contribution in [1.82, 2.24) is 10.2 Å². The minimum absolute atomic E-state index is 0.124. The Bertz CT molecular complexity index is 780. The summed E-state index contributed by atoms with van der Waals surface area (Å²) in [6, 6.07) is 15.3. The number of rotatable bonds is 5. The Morgan fingerprint density at radius 1 is 1.15 bits per heavy atom. The summed E-state index contributed by atoms with van der Waals surface area (Å²) in [5.41, 5.74) is 1.56. The van der Waals surface area contributed by atoms with Crippen LogP contribution >= 0.6 is 0 Å². The van der Waals surface area contributed by atoms with E-state index in [1.807, 2.05) is 42.5 Å². The molecule has 1 saturated heterocycles. The number of nitrogens with zero attached hydrogens (tertiary/aromatic N) is 1. The maximum absolute atomic E-state index is 12.6. The SMILES string of the molecule is COc1ccc(CNC(=O)[C@@H]2C[C@@H](O)CN2C(=O)Nc2ccccc2)cc1. The molecule has 2 aromatic rings. The molecule has 1 aliphatic rings. The molecule has 0 bridgehead atoms. The maximum atomic E-state index is 12.6. The Morgan fingerprint density at radius 3 is 2.52 bits per heavy atom. The van der Waals surface area contributed by atoms with Crippen LogP contribution in [-0.4, -0.2) is 47.7 Å². The van der Waals surface area contributed by atoms with E-state index in [1.165, 1.54) is 4.90 Å². The quantitative estimate of drug-likeness (QED) is 0.752. The van der Waals surface area contributed by atoms with Crippen LogP contribution in [0, 0.1) is 0 Å². The number of likely N-dealkylation sites (tertiary alicyclic amines) is 1. The summed E-state index contributed by atoms with van der Waals surface area (Å²) in [4.78, 5) is 26.5. The maximum Gasteiger partial charge on any atom is 0.322 e. The number of para-hydroxylation sites is 1. The van der Waals surface area contributed by atoms with Gasteiger partial charge in [0.05, 0.1) is 13.2 Å². The number of carbonyl (C=O) groups excluding carboxylic acids is 2. The van der Waals surface area contributed by atoms with E-state index in [0.29, 0.717) is 12.2 Å². The number of aliphatic hydroxyl groups excluding tert-OH is 1. The molecule has 1 heterocycles. The van der Waals surface area contributed by atoms with Gasteiger partial charge in [-0.15, -0.1) is 0 Å². The lowest BCUT2D eigenvalue weighted by atomic mass is 10.1. The van der Waals surface area contributed by atoms with Gasteiger partial charge in [-0.25, -0.2) is 4.79 Å². The number of β-amino-alcohol motifs (C(OH)–C–C–N with tert-alkyl or cyclic N) is 1. The monoisotopic (exact) mass is 369 g/mol. The molecule has 3 N–H and O–H groups in total. The van der Waals surface area contributed by atoms with Gasteiger partial charge in [0.2, 0.25) is 5.91 Å².